The molecule has 0 unspecified atom stereocenters. The molecule has 1 amide bonds. The van der Waals surface area contributed by atoms with E-state index in [9.17, 15) is 14.4 Å². The Kier molecular flexibility index (Phi) is 4.67. The second-order valence-corrected chi connectivity index (χ2v) is 4.49. The maximum atomic E-state index is 12.1. The van der Waals surface area contributed by atoms with Crippen LogP contribution in [0.3, 0.4) is 0 Å². The number of amides is 1. The molecule has 0 saturated carbocycles. The van der Waals surface area contributed by atoms with Crippen molar-refractivity contribution in [3.63, 3.8) is 0 Å². The van der Waals surface area contributed by atoms with E-state index in [1.54, 1.807) is 24.3 Å². The number of benzene rings is 1. The number of fused-ring (bicyclic) bond motifs is 1. The number of hydrogen-bond acceptors (Lipinski definition) is 5. The summed E-state index contributed by atoms with van der Waals surface area (Å²) in [7, 11) is 1.45. The summed E-state index contributed by atoms with van der Waals surface area (Å²) in [5.41, 5.74) is -0.315. The van der Waals surface area contributed by atoms with Crippen molar-refractivity contribution >= 4 is 22.6 Å². The molecule has 1 N–H and O–H groups in total. The second-order valence-electron chi connectivity index (χ2n) is 4.49. The summed E-state index contributed by atoms with van der Waals surface area (Å²) >= 11 is 0. The topological polar surface area (TPSA) is 90.3 Å². The molecule has 0 radical (unpaired) electrons. The van der Waals surface area contributed by atoms with Crippen molar-refractivity contribution in [2.75, 3.05) is 13.2 Å². The van der Waals surface area contributed by atoms with Gasteiger partial charge in [-0.1, -0.05) is 24.3 Å². The molecule has 114 valence electrons. The molecular weight excluding hydrogens is 286 g/mol. The summed E-state index contributed by atoms with van der Waals surface area (Å²) in [5.74, 6) is -1.21. The molecule has 1 aromatic carbocycles. The first-order chi connectivity index (χ1) is 10.5. The van der Waals surface area contributed by atoms with Crippen LogP contribution in [0.1, 0.15) is 10.5 Å². The van der Waals surface area contributed by atoms with Crippen LogP contribution in [0.4, 0.5) is 0 Å². The predicted molar refractivity (Wildman–Crippen MR) is 80.5 cm³/mol. The molecule has 0 saturated heterocycles. The summed E-state index contributed by atoms with van der Waals surface area (Å²) in [6.45, 7) is 3.33. The highest BCUT2D eigenvalue weighted by atomic mass is 16.5. The van der Waals surface area contributed by atoms with Crippen molar-refractivity contribution in [2.24, 2.45) is 7.05 Å². The summed E-state index contributed by atoms with van der Waals surface area (Å²) < 4.78 is 5.99. The molecule has 0 aliphatic heterocycles. The summed E-state index contributed by atoms with van der Waals surface area (Å²) in [6, 6.07) is 6.60. The molecule has 0 spiro atoms. The third-order valence-electron chi connectivity index (χ3n) is 2.93. The molecule has 2 rings (SSSR count). The third-order valence-corrected chi connectivity index (χ3v) is 2.93. The normalized spacial score (nSPS) is 10.2. The van der Waals surface area contributed by atoms with Crippen molar-refractivity contribution in [1.82, 2.24) is 15.1 Å². The largest absolute Gasteiger partial charge is 0.451 e. The van der Waals surface area contributed by atoms with Crippen molar-refractivity contribution < 1.29 is 14.3 Å². The van der Waals surface area contributed by atoms with Gasteiger partial charge in [-0.3, -0.25) is 9.59 Å². The Morgan fingerprint density at radius 2 is 2.05 bits per heavy atom. The lowest BCUT2D eigenvalue weighted by Crippen LogP contribution is -2.30. The van der Waals surface area contributed by atoms with E-state index in [2.05, 4.69) is 17.0 Å². The van der Waals surface area contributed by atoms with E-state index in [-0.39, 0.29) is 17.8 Å². The quantitative estimate of drug-likeness (QED) is 0.637. The standard InChI is InChI=1S/C15H15N3O4/c1-3-8-16-12(19)9-22-15(21)13-10-6-4-5-7-11(10)14(20)18(2)17-13/h3-7H,1,8-9H2,2H3,(H,16,19). The zero-order valence-corrected chi connectivity index (χ0v) is 12.0. The Balaban J connectivity index is 2.25. The first-order valence-corrected chi connectivity index (χ1v) is 6.55. The smallest absolute Gasteiger partial charge is 0.359 e. The number of aryl methyl sites for hydroxylation is 1. The fourth-order valence-corrected chi connectivity index (χ4v) is 1.89. The first-order valence-electron chi connectivity index (χ1n) is 6.55. The van der Waals surface area contributed by atoms with E-state index < -0.39 is 18.5 Å². The lowest BCUT2D eigenvalue weighted by atomic mass is 10.1. The van der Waals surface area contributed by atoms with Gasteiger partial charge in [0.15, 0.2) is 12.3 Å². The minimum atomic E-state index is -0.763. The molecule has 7 heteroatoms. The van der Waals surface area contributed by atoms with Crippen LogP contribution in [0.15, 0.2) is 41.7 Å². The van der Waals surface area contributed by atoms with Crippen molar-refractivity contribution in [1.29, 1.82) is 0 Å². The van der Waals surface area contributed by atoms with Gasteiger partial charge in [0.1, 0.15) is 0 Å². The number of nitrogens with zero attached hydrogens (tertiary/aromatic N) is 2. The maximum absolute atomic E-state index is 12.1. The number of carbonyl (C=O) groups is 2. The van der Waals surface area contributed by atoms with Gasteiger partial charge in [-0.15, -0.1) is 6.58 Å². The highest BCUT2D eigenvalue weighted by molar-refractivity contribution is 6.02. The molecule has 0 aliphatic rings. The van der Waals surface area contributed by atoms with Crippen LogP contribution in [0.25, 0.3) is 10.8 Å². The van der Waals surface area contributed by atoms with Crippen LogP contribution in [0, 0.1) is 0 Å². The van der Waals surface area contributed by atoms with Crippen LogP contribution >= 0.6 is 0 Å². The molecule has 22 heavy (non-hydrogen) atoms. The first kappa shape index (κ1) is 15.4. The Morgan fingerprint density at radius 1 is 1.36 bits per heavy atom. The van der Waals surface area contributed by atoms with Crippen LogP contribution < -0.4 is 10.9 Å². The highest BCUT2D eigenvalue weighted by Crippen LogP contribution is 2.13. The minimum absolute atomic E-state index is 0.00535. The van der Waals surface area contributed by atoms with Gasteiger partial charge < -0.3 is 10.1 Å². The van der Waals surface area contributed by atoms with E-state index in [4.69, 9.17) is 4.74 Å². The lowest BCUT2D eigenvalue weighted by Gasteiger charge is -2.08. The van der Waals surface area contributed by atoms with Crippen LogP contribution in [-0.4, -0.2) is 34.8 Å². The predicted octanol–water partition coefficient (Wildman–Crippen LogP) is 0.392. The lowest BCUT2D eigenvalue weighted by molar-refractivity contribution is -0.124. The number of carbonyl (C=O) groups excluding carboxylic acids is 2. The highest BCUT2D eigenvalue weighted by Gasteiger charge is 2.17. The molecular formula is C15H15N3O4. The fraction of sp³-hybridized carbons (Fsp3) is 0.200. The Bertz CT molecular complexity index is 795. The Morgan fingerprint density at radius 3 is 2.73 bits per heavy atom. The Hall–Kier alpha value is -2.96. The zero-order chi connectivity index (χ0) is 16.1. The van der Waals surface area contributed by atoms with E-state index >= 15 is 0 Å². The van der Waals surface area contributed by atoms with Gasteiger partial charge in [-0.2, -0.15) is 5.10 Å². The molecule has 2 aromatic rings. The van der Waals surface area contributed by atoms with E-state index in [0.717, 1.165) is 4.68 Å². The maximum Gasteiger partial charge on any atom is 0.359 e. The van der Waals surface area contributed by atoms with E-state index in [1.165, 1.54) is 13.1 Å². The molecule has 0 aliphatic carbocycles. The average Bonchev–Trinajstić information content (AvgIpc) is 2.54. The number of esters is 1. The number of rotatable bonds is 5. The van der Waals surface area contributed by atoms with Crippen LogP contribution in [0.2, 0.25) is 0 Å². The van der Waals surface area contributed by atoms with Crippen molar-refractivity contribution in [3.05, 3.63) is 53.0 Å². The van der Waals surface area contributed by atoms with Gasteiger partial charge in [0.2, 0.25) is 0 Å². The van der Waals surface area contributed by atoms with Gasteiger partial charge >= 0.3 is 5.97 Å². The Labute approximate surface area is 126 Å². The van der Waals surface area contributed by atoms with Crippen molar-refractivity contribution in [2.45, 2.75) is 0 Å². The molecule has 7 nitrogen and oxygen atoms in total. The number of hydrogen-bond donors (Lipinski definition) is 1. The van der Waals surface area contributed by atoms with E-state index in [0.29, 0.717) is 10.8 Å². The zero-order valence-electron chi connectivity index (χ0n) is 12.0. The number of nitrogens with one attached hydrogen (secondary N) is 1. The van der Waals surface area contributed by atoms with Crippen molar-refractivity contribution in [3.8, 4) is 0 Å². The van der Waals surface area contributed by atoms with Gasteiger partial charge in [-0.05, 0) is 6.07 Å². The van der Waals surface area contributed by atoms with Gasteiger partial charge in [0.25, 0.3) is 11.5 Å². The van der Waals surface area contributed by atoms with Gasteiger partial charge in [0.05, 0.1) is 5.39 Å². The summed E-state index contributed by atoms with van der Waals surface area (Å²) in [5, 5.41) is 7.16. The molecule has 1 aromatic heterocycles. The van der Waals surface area contributed by atoms with Gasteiger partial charge in [-0.25, -0.2) is 9.48 Å². The molecule has 0 bridgehead atoms. The number of aromatic nitrogens is 2. The molecule has 0 atom stereocenters. The molecule has 0 fully saturated rings. The van der Waals surface area contributed by atoms with Crippen LogP contribution in [0.5, 0.6) is 0 Å². The van der Waals surface area contributed by atoms with Crippen LogP contribution in [-0.2, 0) is 16.6 Å². The number of ether oxygens (including phenoxy) is 1. The fourth-order valence-electron chi connectivity index (χ4n) is 1.89. The SMILES string of the molecule is C=CCNC(=O)COC(=O)c1nn(C)c(=O)c2ccccc12. The summed E-state index contributed by atoms with van der Waals surface area (Å²) in [4.78, 5) is 35.5. The summed E-state index contributed by atoms with van der Waals surface area (Å²) in [6.07, 6.45) is 1.52. The molecule has 1 heterocycles. The van der Waals surface area contributed by atoms with E-state index in [1.807, 2.05) is 0 Å². The van der Waals surface area contributed by atoms with Gasteiger partial charge in [0, 0.05) is 19.0 Å². The minimum Gasteiger partial charge on any atom is -0.451 e. The monoisotopic (exact) mass is 301 g/mol. The average molecular weight is 301 g/mol. The third kappa shape index (κ3) is 3.20. The second kappa shape index (κ2) is 6.66.